The molecule has 2 aliphatic carbocycles. The number of aromatic nitrogens is 2. The molecule has 2 heteroatoms. The molecule has 0 aliphatic heterocycles. The van der Waals surface area contributed by atoms with E-state index in [4.69, 9.17) is 0 Å². The van der Waals surface area contributed by atoms with Crippen molar-refractivity contribution in [2.45, 2.75) is 32.1 Å². The number of aryl methyl sites for hydroxylation is 1. The predicted molar refractivity (Wildman–Crippen MR) is 112 cm³/mol. The lowest BCUT2D eigenvalue weighted by molar-refractivity contribution is 0.852. The van der Waals surface area contributed by atoms with Crippen LogP contribution in [0, 0.1) is 0 Å². The van der Waals surface area contributed by atoms with Gasteiger partial charge >= 0.3 is 0 Å². The normalized spacial score (nSPS) is 16.4. The lowest BCUT2D eigenvalue weighted by Crippen LogP contribution is -1.90. The van der Waals surface area contributed by atoms with Crippen molar-refractivity contribution in [2.75, 3.05) is 0 Å². The van der Waals surface area contributed by atoms with E-state index >= 15 is 0 Å². The van der Waals surface area contributed by atoms with E-state index in [9.17, 15) is 0 Å². The Morgan fingerprint density at radius 1 is 0.962 bits per heavy atom. The zero-order valence-electron chi connectivity index (χ0n) is 14.8. The molecule has 5 rings (SSSR count). The topological polar surface area (TPSA) is 28.7 Å². The Balaban J connectivity index is 0.00000180. The van der Waals surface area contributed by atoms with Crippen LogP contribution >= 0.6 is 0 Å². The first kappa shape index (κ1) is 15.4. The predicted octanol–water partition coefficient (Wildman–Crippen LogP) is 6.56. The average molecular weight is 340 g/mol. The Bertz CT molecular complexity index is 1070. The molecule has 0 unspecified atom stereocenters. The third-order valence-electron chi connectivity index (χ3n) is 5.43. The highest BCUT2D eigenvalue weighted by atomic mass is 14.8. The van der Waals surface area contributed by atoms with Gasteiger partial charge in [-0.15, -0.1) is 0 Å². The minimum atomic E-state index is 0. The van der Waals surface area contributed by atoms with Crippen molar-refractivity contribution in [1.82, 2.24) is 9.97 Å². The minimum absolute atomic E-state index is 0. The summed E-state index contributed by atoms with van der Waals surface area (Å²) in [5.74, 6) is 0. The van der Waals surface area contributed by atoms with Crippen LogP contribution in [0.5, 0.6) is 0 Å². The Hall–Kier alpha value is -2.87. The smallest absolute Gasteiger partial charge is 0.137 e. The Morgan fingerprint density at radius 2 is 1.92 bits per heavy atom. The van der Waals surface area contributed by atoms with Gasteiger partial charge in [-0.3, -0.25) is 0 Å². The van der Waals surface area contributed by atoms with Gasteiger partial charge in [-0.05, 0) is 60.4 Å². The van der Waals surface area contributed by atoms with Gasteiger partial charge in [0.15, 0.2) is 0 Å². The van der Waals surface area contributed by atoms with Crippen LogP contribution in [-0.4, -0.2) is 9.97 Å². The van der Waals surface area contributed by atoms with Gasteiger partial charge in [-0.1, -0.05) is 48.6 Å². The zero-order chi connectivity index (χ0) is 17.3. The van der Waals surface area contributed by atoms with Crippen molar-refractivity contribution in [3.8, 4) is 11.1 Å². The third-order valence-corrected chi connectivity index (χ3v) is 5.43. The molecule has 2 nitrogen and oxygen atoms in total. The van der Waals surface area contributed by atoms with Crippen LogP contribution in [-0.2, 0) is 6.42 Å². The highest BCUT2D eigenvalue weighted by Crippen LogP contribution is 2.33. The van der Waals surface area contributed by atoms with E-state index in [0.29, 0.717) is 0 Å². The molecule has 0 saturated carbocycles. The molecule has 130 valence electrons. The second kappa shape index (κ2) is 6.45. The molecule has 0 saturated heterocycles. The third kappa shape index (κ3) is 2.72. The summed E-state index contributed by atoms with van der Waals surface area (Å²) in [6.45, 7) is 0. The van der Waals surface area contributed by atoms with Gasteiger partial charge in [0.25, 0.3) is 0 Å². The molecule has 3 aromatic rings. The van der Waals surface area contributed by atoms with Crippen LogP contribution in [0.3, 0.4) is 0 Å². The fourth-order valence-corrected chi connectivity index (χ4v) is 4.00. The largest absolute Gasteiger partial charge is 0.346 e. The molecule has 0 spiro atoms. The summed E-state index contributed by atoms with van der Waals surface area (Å²) in [6, 6.07) is 9.14. The van der Waals surface area contributed by atoms with Gasteiger partial charge in [0.2, 0.25) is 0 Å². The maximum atomic E-state index is 4.66. The summed E-state index contributed by atoms with van der Waals surface area (Å²) in [4.78, 5) is 8.01. The molecule has 26 heavy (non-hydrogen) atoms. The van der Waals surface area contributed by atoms with E-state index in [1.54, 1.807) is 0 Å². The van der Waals surface area contributed by atoms with E-state index in [0.717, 1.165) is 24.9 Å². The average Bonchev–Trinajstić information content (AvgIpc) is 2.98. The number of H-pyrrole nitrogens is 1. The number of allylic oxidation sites excluding steroid dienone is 5. The lowest BCUT2D eigenvalue weighted by Gasteiger charge is -2.09. The van der Waals surface area contributed by atoms with Crippen molar-refractivity contribution < 1.29 is 1.43 Å². The highest BCUT2D eigenvalue weighted by Gasteiger charge is 2.12. The summed E-state index contributed by atoms with van der Waals surface area (Å²) < 4.78 is 0. The van der Waals surface area contributed by atoms with Crippen molar-refractivity contribution >= 4 is 22.7 Å². The Kier molecular flexibility index (Phi) is 3.82. The number of aromatic amines is 1. The van der Waals surface area contributed by atoms with Gasteiger partial charge in [0, 0.05) is 30.3 Å². The van der Waals surface area contributed by atoms with Crippen LogP contribution in [0.25, 0.3) is 33.8 Å². The van der Waals surface area contributed by atoms with Crippen molar-refractivity contribution in [3.63, 3.8) is 0 Å². The van der Waals surface area contributed by atoms with Gasteiger partial charge in [-0.2, -0.15) is 0 Å². The number of rotatable bonds is 2. The summed E-state index contributed by atoms with van der Waals surface area (Å²) in [5, 5.41) is 1.20. The first-order chi connectivity index (χ1) is 12.9. The SMILES string of the molecule is C1=CC(c2cnc3[nH]cc(-c4ccc5c(c4)CCCC=C5)c3c2)=CCC1.[HH]. The summed E-state index contributed by atoms with van der Waals surface area (Å²) >= 11 is 0. The number of pyridine rings is 1. The molecule has 2 aromatic heterocycles. The number of nitrogens with zero attached hydrogens (tertiary/aromatic N) is 1. The van der Waals surface area contributed by atoms with E-state index in [1.807, 2.05) is 6.20 Å². The number of benzene rings is 1. The fraction of sp³-hybridized carbons (Fsp3) is 0.208. The Labute approximate surface area is 155 Å². The second-order valence-corrected chi connectivity index (χ2v) is 7.17. The van der Waals surface area contributed by atoms with Crippen LogP contribution in [0.2, 0.25) is 0 Å². The van der Waals surface area contributed by atoms with E-state index < -0.39 is 0 Å². The molecule has 0 radical (unpaired) electrons. The van der Waals surface area contributed by atoms with Gasteiger partial charge < -0.3 is 4.98 Å². The quantitative estimate of drug-likeness (QED) is 0.562. The van der Waals surface area contributed by atoms with Crippen molar-refractivity contribution in [2.24, 2.45) is 0 Å². The first-order valence-corrected chi connectivity index (χ1v) is 9.52. The highest BCUT2D eigenvalue weighted by molar-refractivity contribution is 5.96. The standard InChI is InChI=1S/C24H22N2.H2/c1-3-7-17(8-4-1)21-14-22-23(16-26-24(22)25-15-21)20-12-11-18-9-5-2-6-10-19(18)13-20;/h3,5,7-9,11-16H,1-2,4,6,10H2,(H,25,26);1H. The number of nitrogens with one attached hydrogen (secondary N) is 1. The van der Waals surface area contributed by atoms with E-state index in [1.165, 1.54) is 51.6 Å². The Morgan fingerprint density at radius 3 is 2.85 bits per heavy atom. The van der Waals surface area contributed by atoms with E-state index in [-0.39, 0.29) is 1.43 Å². The molecule has 1 N–H and O–H groups in total. The molecular weight excluding hydrogens is 316 g/mol. The van der Waals surface area contributed by atoms with Crippen LogP contribution < -0.4 is 0 Å². The molecule has 0 bridgehead atoms. The van der Waals surface area contributed by atoms with E-state index in [2.05, 4.69) is 70.8 Å². The number of hydrogen-bond donors (Lipinski definition) is 1. The van der Waals surface area contributed by atoms with Crippen LogP contribution in [0.4, 0.5) is 0 Å². The number of hydrogen-bond acceptors (Lipinski definition) is 1. The second-order valence-electron chi connectivity index (χ2n) is 7.17. The zero-order valence-corrected chi connectivity index (χ0v) is 14.8. The summed E-state index contributed by atoms with van der Waals surface area (Å²) in [7, 11) is 0. The minimum Gasteiger partial charge on any atom is -0.346 e. The maximum Gasteiger partial charge on any atom is 0.137 e. The first-order valence-electron chi connectivity index (χ1n) is 9.52. The molecule has 0 amide bonds. The van der Waals surface area contributed by atoms with Gasteiger partial charge in [-0.25, -0.2) is 4.98 Å². The van der Waals surface area contributed by atoms with Crippen molar-refractivity contribution in [3.05, 3.63) is 77.7 Å². The maximum absolute atomic E-state index is 4.66. The van der Waals surface area contributed by atoms with Crippen LogP contribution in [0.15, 0.2) is 61.0 Å². The molecule has 0 atom stereocenters. The van der Waals surface area contributed by atoms with Crippen molar-refractivity contribution in [1.29, 1.82) is 0 Å². The molecule has 2 heterocycles. The van der Waals surface area contributed by atoms with Gasteiger partial charge in [0.1, 0.15) is 5.65 Å². The summed E-state index contributed by atoms with van der Waals surface area (Å²) in [6.07, 6.45) is 21.2. The molecule has 2 aliphatic rings. The monoisotopic (exact) mass is 340 g/mol. The number of fused-ring (bicyclic) bond motifs is 2. The molecular formula is C24H24N2. The molecule has 0 fully saturated rings. The summed E-state index contributed by atoms with van der Waals surface area (Å²) in [5.41, 5.74) is 8.77. The van der Waals surface area contributed by atoms with Gasteiger partial charge in [0.05, 0.1) is 0 Å². The lowest BCUT2D eigenvalue weighted by atomic mass is 9.96. The molecule has 1 aromatic carbocycles. The fourth-order valence-electron chi connectivity index (χ4n) is 4.00. The van der Waals surface area contributed by atoms with Crippen LogP contribution in [0.1, 0.15) is 43.8 Å².